The number of nitrogens with zero attached hydrogens (tertiary/aromatic N) is 6. The quantitative estimate of drug-likeness (QED) is 0.174. The van der Waals surface area contributed by atoms with E-state index in [-0.39, 0.29) is 0 Å². The van der Waals surface area contributed by atoms with Crippen LogP contribution in [0.1, 0.15) is 0 Å². The second kappa shape index (κ2) is 12.8. The van der Waals surface area contributed by atoms with Crippen molar-refractivity contribution in [3.8, 4) is 45.0 Å². The second-order valence-electron chi connectivity index (χ2n) is 15.0. The molecular formula is C52H30N6OS. The zero-order valence-corrected chi connectivity index (χ0v) is 32.6. The highest BCUT2D eigenvalue weighted by atomic mass is 32.1. The summed E-state index contributed by atoms with van der Waals surface area (Å²) < 4.78 is 12.4. The van der Waals surface area contributed by atoms with E-state index in [4.69, 9.17) is 24.4 Å². The minimum absolute atomic E-state index is 0.516. The fraction of sp³-hybridized carbons (Fsp3) is 0. The van der Waals surface area contributed by atoms with Crippen molar-refractivity contribution >= 4 is 87.1 Å². The largest absolute Gasteiger partial charge is 0.455 e. The smallest absolute Gasteiger partial charge is 0.238 e. The number of aromatic nitrogens is 6. The molecular weight excluding hydrogens is 757 g/mol. The van der Waals surface area contributed by atoms with Gasteiger partial charge in [0.05, 0.1) is 43.5 Å². The third-order valence-corrected chi connectivity index (χ3v) is 12.7. The van der Waals surface area contributed by atoms with Gasteiger partial charge in [-0.15, -0.1) is 11.3 Å². The average Bonchev–Trinajstić information content (AvgIpc) is 4.08. The maximum Gasteiger partial charge on any atom is 0.238 e. The molecule has 0 N–H and O–H groups in total. The molecule has 8 heteroatoms. The molecule has 0 aliphatic rings. The van der Waals surface area contributed by atoms with Gasteiger partial charge in [-0.1, -0.05) is 133 Å². The van der Waals surface area contributed by atoms with Gasteiger partial charge in [-0.05, 0) is 48.5 Å². The molecule has 0 bridgehead atoms. The summed E-state index contributed by atoms with van der Waals surface area (Å²) >= 11 is 1.72. The lowest BCUT2D eigenvalue weighted by Crippen LogP contribution is -2.07. The summed E-state index contributed by atoms with van der Waals surface area (Å²) in [5, 5.41) is 7.53. The lowest BCUT2D eigenvalue weighted by molar-refractivity contribution is 0.669. The molecule has 280 valence electrons. The summed E-state index contributed by atoms with van der Waals surface area (Å²) in [5.41, 5.74) is 10.5. The third kappa shape index (κ3) is 4.82. The highest BCUT2D eigenvalue weighted by Gasteiger charge is 2.25. The van der Waals surface area contributed by atoms with Gasteiger partial charge < -0.3 is 8.98 Å². The van der Waals surface area contributed by atoms with Gasteiger partial charge in [0.2, 0.25) is 5.95 Å². The highest BCUT2D eigenvalue weighted by molar-refractivity contribution is 7.21. The van der Waals surface area contributed by atoms with Crippen LogP contribution < -0.4 is 0 Å². The van der Waals surface area contributed by atoms with Crippen molar-refractivity contribution in [1.82, 2.24) is 29.1 Å². The van der Waals surface area contributed by atoms with Gasteiger partial charge in [0.25, 0.3) is 0 Å². The van der Waals surface area contributed by atoms with Crippen molar-refractivity contribution in [2.24, 2.45) is 0 Å². The number of thiazole rings is 1. The maximum absolute atomic E-state index is 6.56. The molecule has 0 radical (unpaired) electrons. The summed E-state index contributed by atoms with van der Waals surface area (Å²) in [5.74, 6) is 1.62. The molecule has 0 spiro atoms. The van der Waals surface area contributed by atoms with E-state index in [0.717, 1.165) is 103 Å². The summed E-state index contributed by atoms with van der Waals surface area (Å²) in [4.78, 5) is 21.1. The number of fused-ring (bicyclic) bond motifs is 11. The Bertz CT molecular complexity index is 3820. The van der Waals surface area contributed by atoms with Crippen LogP contribution in [-0.4, -0.2) is 29.1 Å². The minimum atomic E-state index is 0.516. The Morgan fingerprint density at radius 2 is 1.03 bits per heavy atom. The van der Waals surface area contributed by atoms with Crippen LogP contribution in [0, 0.1) is 0 Å². The monoisotopic (exact) mass is 786 g/mol. The number of benzene rings is 8. The Hall–Kier alpha value is -7.94. The summed E-state index contributed by atoms with van der Waals surface area (Å²) in [6.45, 7) is 0. The molecule has 5 heterocycles. The van der Waals surface area contributed by atoms with Crippen LogP contribution in [0.15, 0.2) is 186 Å². The van der Waals surface area contributed by atoms with Crippen molar-refractivity contribution in [3.63, 3.8) is 0 Å². The molecule has 0 fully saturated rings. The van der Waals surface area contributed by atoms with E-state index >= 15 is 0 Å². The lowest BCUT2D eigenvalue weighted by Gasteiger charge is -2.15. The van der Waals surface area contributed by atoms with Crippen molar-refractivity contribution in [2.75, 3.05) is 0 Å². The Morgan fingerprint density at radius 1 is 0.417 bits per heavy atom. The van der Waals surface area contributed by atoms with E-state index in [2.05, 4.69) is 130 Å². The lowest BCUT2D eigenvalue weighted by atomic mass is 10.1. The van der Waals surface area contributed by atoms with Crippen molar-refractivity contribution in [2.45, 2.75) is 0 Å². The van der Waals surface area contributed by atoms with Gasteiger partial charge in [0.15, 0.2) is 11.6 Å². The van der Waals surface area contributed by atoms with Crippen molar-refractivity contribution in [3.05, 3.63) is 182 Å². The van der Waals surface area contributed by atoms with Crippen LogP contribution >= 0.6 is 11.3 Å². The first-order valence-electron chi connectivity index (χ1n) is 19.9. The number of hydrogen-bond donors (Lipinski definition) is 0. The van der Waals surface area contributed by atoms with E-state index in [0.29, 0.717) is 17.6 Å². The second-order valence-corrected chi connectivity index (χ2v) is 16.0. The zero-order chi connectivity index (χ0) is 39.3. The zero-order valence-electron chi connectivity index (χ0n) is 31.8. The molecule has 0 saturated carbocycles. The van der Waals surface area contributed by atoms with Crippen molar-refractivity contribution < 1.29 is 4.42 Å². The molecule has 0 saturated heterocycles. The Morgan fingerprint density at radius 3 is 1.85 bits per heavy atom. The summed E-state index contributed by atoms with van der Waals surface area (Å²) in [7, 11) is 0. The minimum Gasteiger partial charge on any atom is -0.455 e. The van der Waals surface area contributed by atoms with Gasteiger partial charge in [0, 0.05) is 43.4 Å². The van der Waals surface area contributed by atoms with Crippen LogP contribution in [0.3, 0.4) is 0 Å². The fourth-order valence-corrected chi connectivity index (χ4v) is 10.0. The van der Waals surface area contributed by atoms with Crippen LogP contribution in [0.4, 0.5) is 0 Å². The van der Waals surface area contributed by atoms with Crippen LogP contribution in [0.25, 0.3) is 121 Å². The molecule has 0 aliphatic carbocycles. The molecule has 7 nitrogen and oxygen atoms in total. The number of hydrogen-bond acceptors (Lipinski definition) is 6. The van der Waals surface area contributed by atoms with E-state index in [1.54, 1.807) is 11.3 Å². The topological polar surface area (TPSA) is 74.6 Å². The number of rotatable bonds is 5. The molecule has 8 aromatic carbocycles. The first-order valence-corrected chi connectivity index (χ1v) is 20.7. The van der Waals surface area contributed by atoms with Gasteiger partial charge >= 0.3 is 0 Å². The Balaban J connectivity index is 1.17. The fourth-order valence-electron chi connectivity index (χ4n) is 9.02. The Labute approximate surface area is 346 Å². The maximum atomic E-state index is 6.56. The standard InChI is InChI=1S/C52H30N6OS/c1-2-15-31(16-3-1)49-54-50(39-22-14-21-37-34-19-7-12-27-44(34)59-48(37)39)56-52(55-49)58-42-25-10-5-18-33(42)36-30-29-35-32-17-4-9-24-41(32)57(46(35)47(36)58)43-26-11-6-20-38(43)51-53-40-23-8-13-28-45(40)60-51/h1-30H. The molecule has 60 heavy (non-hydrogen) atoms. The average molecular weight is 787 g/mol. The van der Waals surface area contributed by atoms with E-state index in [9.17, 15) is 0 Å². The SMILES string of the molecule is c1ccc(-c2nc(-c3cccc4c3oc3ccccc34)nc(-n3c4ccccc4c4ccc5c6ccccc6n(-c6ccccc6-c6nc7ccccc7s6)c5c43)n2)cc1. The third-order valence-electron chi connectivity index (χ3n) is 11.6. The summed E-state index contributed by atoms with van der Waals surface area (Å²) in [6.07, 6.45) is 0. The molecule has 13 aromatic rings. The van der Waals surface area contributed by atoms with Crippen LogP contribution in [0.2, 0.25) is 0 Å². The molecule has 0 aliphatic heterocycles. The Kier molecular flexibility index (Phi) is 7.05. The van der Waals surface area contributed by atoms with E-state index in [1.165, 1.54) is 0 Å². The normalized spacial score (nSPS) is 12.0. The molecule has 0 atom stereocenters. The highest BCUT2D eigenvalue weighted by Crippen LogP contribution is 2.44. The molecule has 0 unspecified atom stereocenters. The predicted octanol–water partition coefficient (Wildman–Crippen LogP) is 13.6. The number of para-hydroxylation sites is 6. The number of furan rings is 1. The van der Waals surface area contributed by atoms with Gasteiger partial charge in [-0.25, -0.2) is 9.97 Å². The molecule has 13 rings (SSSR count). The van der Waals surface area contributed by atoms with Crippen LogP contribution in [0.5, 0.6) is 0 Å². The predicted molar refractivity (Wildman–Crippen MR) is 245 cm³/mol. The van der Waals surface area contributed by atoms with Crippen LogP contribution in [-0.2, 0) is 0 Å². The van der Waals surface area contributed by atoms with Gasteiger partial charge in [-0.2, -0.15) is 9.97 Å². The first kappa shape index (κ1) is 33.1. The van der Waals surface area contributed by atoms with E-state index in [1.807, 2.05) is 60.7 Å². The van der Waals surface area contributed by atoms with Gasteiger partial charge in [0.1, 0.15) is 16.2 Å². The molecule has 0 amide bonds. The van der Waals surface area contributed by atoms with Gasteiger partial charge in [-0.3, -0.25) is 4.57 Å². The molecule has 5 aromatic heterocycles. The summed E-state index contributed by atoms with van der Waals surface area (Å²) in [6, 6.07) is 63.2. The first-order chi connectivity index (χ1) is 29.8. The van der Waals surface area contributed by atoms with Crippen molar-refractivity contribution in [1.29, 1.82) is 0 Å². The van der Waals surface area contributed by atoms with E-state index < -0.39 is 0 Å².